The van der Waals surface area contributed by atoms with Crippen LogP contribution in [0.1, 0.15) is 25.7 Å². The Bertz CT molecular complexity index is 833. The minimum atomic E-state index is -0.992. The molecule has 1 unspecified atom stereocenters. The van der Waals surface area contributed by atoms with E-state index in [0.29, 0.717) is 24.3 Å². The molecule has 1 aliphatic carbocycles. The van der Waals surface area contributed by atoms with Crippen molar-refractivity contribution in [2.75, 3.05) is 18.0 Å². The molecule has 1 saturated heterocycles. The van der Waals surface area contributed by atoms with Gasteiger partial charge in [-0.25, -0.2) is 4.79 Å². The van der Waals surface area contributed by atoms with Crippen molar-refractivity contribution in [3.05, 3.63) is 24.3 Å². The Morgan fingerprint density at radius 1 is 1.22 bits per heavy atom. The molecule has 2 aliphatic heterocycles. The van der Waals surface area contributed by atoms with Gasteiger partial charge in [-0.05, 0) is 25.0 Å². The molecule has 2 heterocycles. The standard InChI is InChI=1S/C18H20N4O5/c19-15(24)13-9-21(11-5-1-2-6-12(11)27-13)14(23)10-22-16(25)18(20-17(22)26)7-3-4-8-18/h1-2,5-6,13H,3-4,7-10H2,(H2,19,24)(H,20,26). The lowest BCUT2D eigenvalue weighted by molar-refractivity contribution is -0.134. The zero-order chi connectivity index (χ0) is 19.2. The Kier molecular flexibility index (Phi) is 4.01. The number of anilines is 1. The van der Waals surface area contributed by atoms with Crippen LogP contribution in [-0.2, 0) is 14.4 Å². The van der Waals surface area contributed by atoms with Crippen LogP contribution in [0, 0.1) is 0 Å². The number of para-hydroxylation sites is 2. The maximum atomic E-state index is 12.9. The molecular weight excluding hydrogens is 352 g/mol. The lowest BCUT2D eigenvalue weighted by atomic mass is 9.98. The molecule has 3 N–H and O–H groups in total. The van der Waals surface area contributed by atoms with Gasteiger partial charge in [0.15, 0.2) is 6.10 Å². The van der Waals surface area contributed by atoms with E-state index < -0.39 is 36.0 Å². The number of amides is 5. The van der Waals surface area contributed by atoms with Gasteiger partial charge in [-0.2, -0.15) is 0 Å². The van der Waals surface area contributed by atoms with E-state index in [2.05, 4.69) is 5.32 Å². The Balaban J connectivity index is 1.57. The number of primary amides is 1. The first-order valence-corrected chi connectivity index (χ1v) is 8.91. The number of hydrogen-bond acceptors (Lipinski definition) is 5. The number of nitrogens with zero attached hydrogens (tertiary/aromatic N) is 2. The first-order valence-electron chi connectivity index (χ1n) is 8.91. The van der Waals surface area contributed by atoms with E-state index in [1.165, 1.54) is 4.90 Å². The van der Waals surface area contributed by atoms with E-state index >= 15 is 0 Å². The third-order valence-electron chi connectivity index (χ3n) is 5.39. The normalized spacial score (nSPS) is 23.2. The molecule has 4 rings (SSSR count). The molecule has 142 valence electrons. The van der Waals surface area contributed by atoms with Crippen LogP contribution in [0.15, 0.2) is 24.3 Å². The van der Waals surface area contributed by atoms with Gasteiger partial charge < -0.3 is 20.7 Å². The first-order chi connectivity index (χ1) is 12.9. The number of rotatable bonds is 3. The van der Waals surface area contributed by atoms with Gasteiger partial charge in [-0.15, -0.1) is 0 Å². The summed E-state index contributed by atoms with van der Waals surface area (Å²) in [4.78, 5) is 51.9. The zero-order valence-electron chi connectivity index (χ0n) is 14.6. The fraction of sp³-hybridized carbons (Fsp3) is 0.444. The van der Waals surface area contributed by atoms with Crippen LogP contribution in [0.4, 0.5) is 10.5 Å². The Morgan fingerprint density at radius 3 is 2.63 bits per heavy atom. The molecule has 2 fully saturated rings. The van der Waals surface area contributed by atoms with E-state index in [9.17, 15) is 19.2 Å². The molecule has 1 aromatic carbocycles. The summed E-state index contributed by atoms with van der Waals surface area (Å²) < 4.78 is 5.53. The molecule has 1 atom stereocenters. The predicted molar refractivity (Wildman–Crippen MR) is 93.8 cm³/mol. The van der Waals surface area contributed by atoms with Crippen molar-refractivity contribution >= 4 is 29.4 Å². The first kappa shape index (κ1) is 17.3. The van der Waals surface area contributed by atoms with Crippen molar-refractivity contribution in [1.29, 1.82) is 0 Å². The Labute approximate surface area is 155 Å². The quantitative estimate of drug-likeness (QED) is 0.731. The highest BCUT2D eigenvalue weighted by atomic mass is 16.5. The van der Waals surface area contributed by atoms with Crippen LogP contribution in [0.5, 0.6) is 5.75 Å². The Morgan fingerprint density at radius 2 is 1.93 bits per heavy atom. The van der Waals surface area contributed by atoms with Gasteiger partial charge in [-0.3, -0.25) is 19.3 Å². The number of nitrogens with two attached hydrogens (primary N) is 1. The summed E-state index contributed by atoms with van der Waals surface area (Å²) in [5, 5.41) is 2.75. The van der Waals surface area contributed by atoms with Gasteiger partial charge in [-0.1, -0.05) is 25.0 Å². The highest BCUT2D eigenvalue weighted by Gasteiger charge is 2.53. The van der Waals surface area contributed by atoms with Crippen LogP contribution in [0.25, 0.3) is 0 Å². The second-order valence-electron chi connectivity index (χ2n) is 7.09. The molecule has 1 saturated carbocycles. The second kappa shape index (κ2) is 6.26. The smallest absolute Gasteiger partial charge is 0.325 e. The van der Waals surface area contributed by atoms with Crippen LogP contribution >= 0.6 is 0 Å². The van der Waals surface area contributed by atoms with E-state index in [4.69, 9.17) is 10.5 Å². The summed E-state index contributed by atoms with van der Waals surface area (Å²) in [6, 6.07) is 6.20. The fourth-order valence-electron chi connectivity index (χ4n) is 3.98. The van der Waals surface area contributed by atoms with Gasteiger partial charge in [0.25, 0.3) is 11.8 Å². The number of imide groups is 1. The monoisotopic (exact) mass is 372 g/mol. The summed E-state index contributed by atoms with van der Waals surface area (Å²) in [5.74, 6) is -1.17. The molecule has 1 spiro atoms. The van der Waals surface area contributed by atoms with Crippen LogP contribution in [-0.4, -0.2) is 53.4 Å². The van der Waals surface area contributed by atoms with Gasteiger partial charge in [0.2, 0.25) is 5.91 Å². The number of hydrogen-bond donors (Lipinski definition) is 2. The van der Waals surface area contributed by atoms with Crippen molar-refractivity contribution < 1.29 is 23.9 Å². The summed E-state index contributed by atoms with van der Waals surface area (Å²) in [6.07, 6.45) is 1.92. The van der Waals surface area contributed by atoms with Gasteiger partial charge in [0, 0.05) is 0 Å². The van der Waals surface area contributed by atoms with Crippen molar-refractivity contribution in [2.24, 2.45) is 5.73 Å². The van der Waals surface area contributed by atoms with Gasteiger partial charge in [0.05, 0.1) is 12.2 Å². The summed E-state index contributed by atoms with van der Waals surface area (Å²) in [5.41, 5.74) is 4.95. The molecule has 27 heavy (non-hydrogen) atoms. The number of ether oxygens (including phenoxy) is 1. The molecule has 0 radical (unpaired) electrons. The number of fused-ring (bicyclic) bond motifs is 1. The van der Waals surface area contributed by atoms with Gasteiger partial charge in [0.1, 0.15) is 17.8 Å². The molecule has 5 amide bonds. The number of urea groups is 1. The average molecular weight is 372 g/mol. The largest absolute Gasteiger partial charge is 0.477 e. The predicted octanol–water partition coefficient (Wildman–Crippen LogP) is 0.130. The molecular formula is C18H20N4O5. The number of benzene rings is 1. The lowest BCUT2D eigenvalue weighted by Gasteiger charge is -2.34. The van der Waals surface area contributed by atoms with Crippen molar-refractivity contribution in [2.45, 2.75) is 37.3 Å². The average Bonchev–Trinajstić information content (AvgIpc) is 3.21. The summed E-state index contributed by atoms with van der Waals surface area (Å²) >= 11 is 0. The molecule has 9 nitrogen and oxygen atoms in total. The van der Waals surface area contributed by atoms with Gasteiger partial charge >= 0.3 is 6.03 Å². The lowest BCUT2D eigenvalue weighted by Crippen LogP contribution is -2.52. The minimum Gasteiger partial charge on any atom is -0.477 e. The minimum absolute atomic E-state index is 0.0695. The zero-order valence-corrected chi connectivity index (χ0v) is 14.6. The van der Waals surface area contributed by atoms with E-state index in [1.54, 1.807) is 24.3 Å². The highest BCUT2D eigenvalue weighted by molar-refractivity contribution is 6.11. The summed E-state index contributed by atoms with van der Waals surface area (Å²) in [7, 11) is 0. The van der Waals surface area contributed by atoms with Crippen LogP contribution < -0.4 is 20.7 Å². The molecule has 0 aromatic heterocycles. The highest BCUT2D eigenvalue weighted by Crippen LogP contribution is 2.36. The fourth-order valence-corrected chi connectivity index (χ4v) is 3.98. The van der Waals surface area contributed by atoms with Crippen LogP contribution in [0.2, 0.25) is 0 Å². The third kappa shape index (κ3) is 2.79. The second-order valence-corrected chi connectivity index (χ2v) is 7.09. The molecule has 1 aromatic rings. The van der Waals surface area contributed by atoms with E-state index in [0.717, 1.165) is 17.7 Å². The third-order valence-corrected chi connectivity index (χ3v) is 5.39. The summed E-state index contributed by atoms with van der Waals surface area (Å²) in [6.45, 7) is -0.466. The molecule has 9 heteroatoms. The molecule has 0 bridgehead atoms. The topological polar surface area (TPSA) is 122 Å². The SMILES string of the molecule is NC(=O)C1CN(C(=O)CN2C(=O)NC3(CCCC3)C2=O)c2ccccc2O1. The number of carbonyl (C=O) groups excluding carboxylic acids is 4. The van der Waals surface area contributed by atoms with E-state index in [1.807, 2.05) is 0 Å². The number of carbonyl (C=O) groups is 4. The van der Waals surface area contributed by atoms with E-state index in [-0.39, 0.29) is 12.5 Å². The molecule has 3 aliphatic rings. The maximum Gasteiger partial charge on any atom is 0.325 e. The van der Waals surface area contributed by atoms with Crippen LogP contribution in [0.3, 0.4) is 0 Å². The van der Waals surface area contributed by atoms with Crippen molar-refractivity contribution in [1.82, 2.24) is 10.2 Å². The van der Waals surface area contributed by atoms with Crippen molar-refractivity contribution in [3.63, 3.8) is 0 Å². The maximum absolute atomic E-state index is 12.9. The Hall–Kier alpha value is -3.10. The van der Waals surface area contributed by atoms with Crippen molar-refractivity contribution in [3.8, 4) is 5.75 Å². The number of nitrogens with one attached hydrogen (secondary N) is 1.